The molecule has 0 unspecified atom stereocenters. The van der Waals surface area contributed by atoms with Crippen LogP contribution in [0.2, 0.25) is 0 Å². The van der Waals surface area contributed by atoms with Gasteiger partial charge in [-0.25, -0.2) is 28.2 Å². The molecular formula is C24H29F2N9. The summed E-state index contributed by atoms with van der Waals surface area (Å²) in [5, 5.41) is 8.12. The molecule has 6 rings (SSSR count). The van der Waals surface area contributed by atoms with Crippen LogP contribution in [-0.4, -0.2) is 90.7 Å². The lowest BCUT2D eigenvalue weighted by Crippen LogP contribution is -2.55. The molecule has 1 aliphatic carbocycles. The lowest BCUT2D eigenvalue weighted by atomic mass is 9.85. The first kappa shape index (κ1) is 22.3. The van der Waals surface area contributed by atoms with Crippen molar-refractivity contribution < 1.29 is 8.78 Å². The van der Waals surface area contributed by atoms with Crippen LogP contribution in [0.25, 0.3) is 27.9 Å². The van der Waals surface area contributed by atoms with E-state index in [1.54, 1.807) is 17.6 Å². The van der Waals surface area contributed by atoms with Gasteiger partial charge in [-0.2, -0.15) is 0 Å². The van der Waals surface area contributed by atoms with E-state index in [4.69, 9.17) is 0 Å². The summed E-state index contributed by atoms with van der Waals surface area (Å²) in [6, 6.07) is 6.63. The molecule has 2 fully saturated rings. The van der Waals surface area contributed by atoms with Crippen molar-refractivity contribution in [3.63, 3.8) is 0 Å². The van der Waals surface area contributed by atoms with Crippen LogP contribution < -0.4 is 5.32 Å². The van der Waals surface area contributed by atoms with E-state index < -0.39 is 13.0 Å². The molecule has 1 aliphatic heterocycles. The Hall–Kier alpha value is -3.18. The smallest absolute Gasteiger partial charge is 0.256 e. The Kier molecular flexibility index (Phi) is 5.60. The van der Waals surface area contributed by atoms with Gasteiger partial charge in [0.25, 0.3) is 6.43 Å². The molecule has 0 spiro atoms. The average Bonchev–Trinajstić information content (AvgIpc) is 3.36. The van der Waals surface area contributed by atoms with Crippen LogP contribution in [0.5, 0.6) is 0 Å². The van der Waals surface area contributed by atoms with E-state index >= 15 is 0 Å². The molecule has 35 heavy (non-hydrogen) atoms. The molecule has 2 aliphatic rings. The molecule has 0 radical (unpaired) electrons. The third-order valence-electron chi connectivity index (χ3n) is 7.30. The molecule has 1 saturated heterocycles. The number of halogens is 2. The number of anilines is 1. The number of nitrogens with one attached hydrogen (secondary N) is 1. The van der Waals surface area contributed by atoms with Gasteiger partial charge in [0.05, 0.1) is 24.0 Å². The fourth-order valence-electron chi connectivity index (χ4n) is 5.18. The number of aryl methyl sites for hydroxylation is 1. The SMILES string of the molecule is Cc1nc2ccc(-c3ccn4nc(N[C@H]5C[C@H](N6CCN(C)CC6)C5)ncc34)nc2n1CC(F)F. The molecule has 1 saturated carbocycles. The van der Waals surface area contributed by atoms with Crippen LogP contribution in [0, 0.1) is 6.92 Å². The van der Waals surface area contributed by atoms with Gasteiger partial charge in [0.2, 0.25) is 5.95 Å². The Morgan fingerprint density at radius 2 is 1.89 bits per heavy atom. The van der Waals surface area contributed by atoms with Gasteiger partial charge in [-0.15, -0.1) is 5.10 Å². The largest absolute Gasteiger partial charge is 0.350 e. The van der Waals surface area contributed by atoms with Gasteiger partial charge in [-0.05, 0) is 45.0 Å². The number of rotatable bonds is 6. The Morgan fingerprint density at radius 1 is 1.09 bits per heavy atom. The van der Waals surface area contributed by atoms with Crippen molar-refractivity contribution in [3.8, 4) is 11.3 Å². The molecule has 4 aromatic heterocycles. The summed E-state index contributed by atoms with van der Waals surface area (Å²) in [6.45, 7) is 5.86. The van der Waals surface area contributed by atoms with Crippen molar-refractivity contribution in [1.82, 2.24) is 38.9 Å². The number of imidazole rings is 1. The van der Waals surface area contributed by atoms with Crippen LogP contribution in [0.4, 0.5) is 14.7 Å². The number of piperazine rings is 1. The van der Waals surface area contributed by atoms with Gasteiger partial charge < -0.3 is 14.8 Å². The predicted molar refractivity (Wildman–Crippen MR) is 130 cm³/mol. The zero-order valence-electron chi connectivity index (χ0n) is 19.9. The molecule has 0 bridgehead atoms. The van der Waals surface area contributed by atoms with Crippen LogP contribution in [-0.2, 0) is 6.54 Å². The fraction of sp³-hybridized carbons (Fsp3) is 0.500. The lowest BCUT2D eigenvalue weighted by molar-refractivity contribution is 0.0656. The zero-order chi connectivity index (χ0) is 24.1. The summed E-state index contributed by atoms with van der Waals surface area (Å²) in [7, 11) is 2.18. The van der Waals surface area contributed by atoms with Crippen LogP contribution in [0.3, 0.4) is 0 Å². The molecule has 4 aromatic rings. The minimum atomic E-state index is -2.47. The molecule has 11 heteroatoms. The van der Waals surface area contributed by atoms with E-state index in [9.17, 15) is 8.78 Å². The Balaban J connectivity index is 1.18. The number of fused-ring (bicyclic) bond motifs is 2. The van der Waals surface area contributed by atoms with Gasteiger partial charge in [-0.3, -0.25) is 4.90 Å². The average molecular weight is 482 g/mol. The maximum absolute atomic E-state index is 13.1. The van der Waals surface area contributed by atoms with E-state index in [1.165, 1.54) is 4.57 Å². The van der Waals surface area contributed by atoms with Gasteiger partial charge in [0, 0.05) is 50.0 Å². The summed E-state index contributed by atoms with van der Waals surface area (Å²) >= 11 is 0. The number of hydrogen-bond acceptors (Lipinski definition) is 7. The standard InChI is InChI=1S/C24H29F2N9/c1-15-28-20-4-3-19(30-23(20)34(15)14-22(25)26)18-5-6-35-21(18)13-27-24(31-35)29-16-11-17(12-16)33-9-7-32(2)8-10-33/h3-6,13,16-17,22H,7-12,14H2,1-2H3,(H,29,31)/t16-,17-. The molecular weight excluding hydrogens is 452 g/mol. The molecule has 5 heterocycles. The van der Waals surface area contributed by atoms with Crippen molar-refractivity contribution in [1.29, 1.82) is 0 Å². The number of aromatic nitrogens is 6. The molecule has 0 atom stereocenters. The molecule has 9 nitrogen and oxygen atoms in total. The first-order valence-electron chi connectivity index (χ1n) is 12.1. The quantitative estimate of drug-likeness (QED) is 0.454. The van der Waals surface area contributed by atoms with Crippen LogP contribution >= 0.6 is 0 Å². The monoisotopic (exact) mass is 481 g/mol. The second kappa shape index (κ2) is 8.80. The predicted octanol–water partition coefficient (Wildman–Crippen LogP) is 2.90. The fourth-order valence-corrected chi connectivity index (χ4v) is 5.18. The van der Waals surface area contributed by atoms with Gasteiger partial charge in [-0.1, -0.05) is 0 Å². The van der Waals surface area contributed by atoms with Crippen molar-refractivity contribution in [2.24, 2.45) is 0 Å². The minimum absolute atomic E-state index is 0.384. The third-order valence-corrected chi connectivity index (χ3v) is 7.30. The topological polar surface area (TPSA) is 79.4 Å². The zero-order valence-corrected chi connectivity index (χ0v) is 19.9. The van der Waals surface area contributed by atoms with Crippen LogP contribution in [0.1, 0.15) is 18.7 Å². The van der Waals surface area contributed by atoms with E-state index in [1.807, 2.05) is 24.4 Å². The van der Waals surface area contributed by atoms with Crippen LogP contribution in [0.15, 0.2) is 30.6 Å². The van der Waals surface area contributed by atoms with Gasteiger partial charge in [0.1, 0.15) is 11.3 Å². The lowest BCUT2D eigenvalue weighted by Gasteiger charge is -2.46. The summed E-state index contributed by atoms with van der Waals surface area (Å²) in [5.74, 6) is 1.13. The number of pyridine rings is 1. The number of alkyl halides is 2. The van der Waals surface area contributed by atoms with Crippen molar-refractivity contribution in [3.05, 3.63) is 36.4 Å². The minimum Gasteiger partial charge on any atom is -0.350 e. The summed E-state index contributed by atoms with van der Waals surface area (Å²) < 4.78 is 29.4. The number of hydrogen-bond donors (Lipinski definition) is 1. The molecule has 0 aromatic carbocycles. The highest BCUT2D eigenvalue weighted by molar-refractivity contribution is 5.82. The molecule has 1 N–H and O–H groups in total. The van der Waals surface area contributed by atoms with Crippen molar-refractivity contribution >= 4 is 22.6 Å². The Labute approximate surface area is 201 Å². The highest BCUT2D eigenvalue weighted by atomic mass is 19.3. The number of likely N-dealkylation sites (N-methyl/N-ethyl adjacent to an activating group) is 1. The summed E-state index contributed by atoms with van der Waals surface area (Å²) in [6.07, 6.45) is 3.40. The second-order valence-electron chi connectivity index (χ2n) is 9.65. The Morgan fingerprint density at radius 3 is 2.66 bits per heavy atom. The van der Waals surface area contributed by atoms with Crippen molar-refractivity contribution in [2.75, 3.05) is 38.5 Å². The Bertz CT molecular complexity index is 1350. The van der Waals surface area contributed by atoms with E-state index in [2.05, 4.69) is 42.2 Å². The third kappa shape index (κ3) is 4.23. The summed E-state index contributed by atoms with van der Waals surface area (Å²) in [4.78, 5) is 18.6. The van der Waals surface area contributed by atoms with E-state index in [0.29, 0.717) is 40.7 Å². The van der Waals surface area contributed by atoms with Gasteiger partial charge >= 0.3 is 0 Å². The highest BCUT2D eigenvalue weighted by Crippen LogP contribution is 2.30. The summed E-state index contributed by atoms with van der Waals surface area (Å²) in [5.41, 5.74) is 3.39. The molecule has 0 amide bonds. The second-order valence-corrected chi connectivity index (χ2v) is 9.65. The maximum Gasteiger partial charge on any atom is 0.256 e. The molecule has 184 valence electrons. The normalized spacial score (nSPS) is 21.7. The maximum atomic E-state index is 13.1. The van der Waals surface area contributed by atoms with E-state index in [-0.39, 0.29) is 0 Å². The number of nitrogens with zero attached hydrogens (tertiary/aromatic N) is 8. The van der Waals surface area contributed by atoms with Crippen molar-refractivity contribution in [2.45, 2.75) is 44.8 Å². The first-order chi connectivity index (χ1) is 16.9. The first-order valence-corrected chi connectivity index (χ1v) is 12.1. The van der Waals surface area contributed by atoms with Gasteiger partial charge in [0.15, 0.2) is 5.65 Å². The van der Waals surface area contributed by atoms with E-state index in [0.717, 1.165) is 50.1 Å². The highest BCUT2D eigenvalue weighted by Gasteiger charge is 2.35.